The molecule has 1 nitrogen and oxygen atoms in total. The zero-order valence-corrected chi connectivity index (χ0v) is 31.4. The molecule has 7 aromatic rings. The summed E-state index contributed by atoms with van der Waals surface area (Å²) in [4.78, 5) is 3.52. The molecule has 0 bridgehead atoms. The van der Waals surface area contributed by atoms with Crippen LogP contribution in [0, 0.1) is 0 Å². The first kappa shape index (κ1) is 33.4. The van der Waals surface area contributed by atoms with Gasteiger partial charge in [0.1, 0.15) is 0 Å². The monoisotopic (exact) mass is 717 g/mol. The highest BCUT2D eigenvalue weighted by molar-refractivity contribution is 7.99. The topological polar surface area (TPSA) is 4.93 Å². The van der Waals surface area contributed by atoms with Gasteiger partial charge in [-0.05, 0) is 107 Å². The average Bonchev–Trinajstić information content (AvgIpc) is 3.54. The Bertz CT molecular complexity index is 2670. The zero-order valence-electron chi connectivity index (χ0n) is 29.7. The molecule has 0 spiro atoms. The van der Waals surface area contributed by atoms with Crippen LogP contribution in [-0.4, -0.2) is 4.57 Å². The Morgan fingerprint density at radius 1 is 0.717 bits per heavy atom. The van der Waals surface area contributed by atoms with Crippen molar-refractivity contribution in [2.75, 3.05) is 0 Å². The number of thiol groups is 1. The number of rotatable bonds is 7. The van der Waals surface area contributed by atoms with Crippen molar-refractivity contribution in [1.82, 2.24) is 4.57 Å². The second-order valence-corrected chi connectivity index (χ2v) is 15.3. The number of hydrogen-bond donors (Lipinski definition) is 1. The molecular formula is C50H39NS2. The molecule has 0 N–H and O–H groups in total. The van der Waals surface area contributed by atoms with Gasteiger partial charge in [-0.1, -0.05) is 152 Å². The lowest BCUT2D eigenvalue weighted by atomic mass is 9.60. The van der Waals surface area contributed by atoms with E-state index in [0.717, 1.165) is 34.5 Å². The first-order valence-electron chi connectivity index (χ1n) is 18.3. The van der Waals surface area contributed by atoms with E-state index >= 15 is 0 Å². The Morgan fingerprint density at radius 2 is 1.40 bits per heavy atom. The predicted octanol–water partition coefficient (Wildman–Crippen LogP) is 14.0. The van der Waals surface area contributed by atoms with E-state index in [2.05, 4.69) is 187 Å². The van der Waals surface area contributed by atoms with Crippen molar-refractivity contribution in [3.05, 3.63) is 215 Å². The van der Waals surface area contributed by atoms with Crippen molar-refractivity contribution in [2.45, 2.75) is 35.0 Å². The third-order valence-electron chi connectivity index (χ3n) is 10.8. The Kier molecular flexibility index (Phi) is 8.70. The summed E-state index contributed by atoms with van der Waals surface area (Å²) in [5.74, 6) is 0. The molecule has 53 heavy (non-hydrogen) atoms. The number of nitrogens with zero attached hydrogens (tertiary/aromatic N) is 1. The van der Waals surface area contributed by atoms with Crippen LogP contribution in [0.4, 0.5) is 0 Å². The van der Waals surface area contributed by atoms with E-state index in [1.54, 1.807) is 0 Å². The smallest absolute Gasteiger partial charge is 0.0697 e. The maximum Gasteiger partial charge on any atom is 0.0697 e. The summed E-state index contributed by atoms with van der Waals surface area (Å²) in [6, 6.07) is 53.1. The van der Waals surface area contributed by atoms with Crippen LogP contribution in [0.15, 0.2) is 208 Å². The summed E-state index contributed by atoms with van der Waals surface area (Å²) in [6.07, 6.45) is 12.8. The molecule has 0 saturated carbocycles. The molecule has 6 aromatic carbocycles. The molecule has 1 aromatic heterocycles. The van der Waals surface area contributed by atoms with E-state index < -0.39 is 5.41 Å². The third kappa shape index (κ3) is 5.50. The number of benzene rings is 6. The number of allylic oxidation sites excluding steroid dienone is 8. The van der Waals surface area contributed by atoms with Crippen LogP contribution in [0.25, 0.3) is 44.2 Å². The lowest BCUT2D eigenvalue weighted by Gasteiger charge is -2.46. The Labute approximate surface area is 321 Å². The molecule has 0 amide bonds. The Hall–Kier alpha value is -5.48. The summed E-state index contributed by atoms with van der Waals surface area (Å²) in [5, 5.41) is 2.51. The lowest BCUT2D eigenvalue weighted by Crippen LogP contribution is -2.37. The summed E-state index contributed by atoms with van der Waals surface area (Å²) in [6.45, 7) is 7.12. The van der Waals surface area contributed by atoms with Crippen LogP contribution in [0.1, 0.15) is 36.5 Å². The fourth-order valence-corrected chi connectivity index (χ4v) is 10.1. The fraction of sp³-hybridized carbons (Fsp3) is 0.0800. The van der Waals surface area contributed by atoms with Gasteiger partial charge in [-0.15, -0.1) is 12.6 Å². The number of hydrogen-bond acceptors (Lipinski definition) is 2. The molecule has 1 aliphatic heterocycles. The Morgan fingerprint density at radius 3 is 2.21 bits per heavy atom. The van der Waals surface area contributed by atoms with Gasteiger partial charge in [-0.2, -0.15) is 0 Å². The van der Waals surface area contributed by atoms with Crippen molar-refractivity contribution >= 4 is 51.8 Å². The zero-order chi connectivity index (χ0) is 35.9. The van der Waals surface area contributed by atoms with Crippen molar-refractivity contribution in [1.29, 1.82) is 0 Å². The highest BCUT2D eigenvalue weighted by atomic mass is 32.2. The molecule has 1 aliphatic carbocycles. The molecule has 2 heterocycles. The molecule has 0 radical (unpaired) electrons. The molecule has 9 rings (SSSR count). The first-order valence-corrected chi connectivity index (χ1v) is 19.5. The predicted molar refractivity (Wildman–Crippen MR) is 230 cm³/mol. The summed E-state index contributed by atoms with van der Waals surface area (Å²) >= 11 is 7.07. The van der Waals surface area contributed by atoms with Crippen molar-refractivity contribution in [3.63, 3.8) is 0 Å². The van der Waals surface area contributed by atoms with E-state index in [9.17, 15) is 0 Å². The van der Waals surface area contributed by atoms with Gasteiger partial charge in [0.25, 0.3) is 0 Å². The van der Waals surface area contributed by atoms with Crippen molar-refractivity contribution in [2.24, 2.45) is 0 Å². The van der Waals surface area contributed by atoms with E-state index in [1.165, 1.54) is 65.1 Å². The molecule has 1 unspecified atom stereocenters. The number of aromatic nitrogens is 1. The summed E-state index contributed by atoms with van der Waals surface area (Å²) < 4.78 is 2.38. The first-order chi connectivity index (χ1) is 26.1. The van der Waals surface area contributed by atoms with Crippen molar-refractivity contribution < 1.29 is 0 Å². The van der Waals surface area contributed by atoms with Crippen LogP contribution in [0.2, 0.25) is 0 Å². The van der Waals surface area contributed by atoms with Crippen molar-refractivity contribution in [3.8, 4) is 16.8 Å². The second-order valence-electron chi connectivity index (χ2n) is 13.7. The Balaban J connectivity index is 1.27. The van der Waals surface area contributed by atoms with Crippen LogP contribution < -0.4 is 0 Å². The molecule has 3 heteroatoms. The molecule has 2 aliphatic rings. The highest BCUT2D eigenvalue weighted by Gasteiger charge is 2.48. The van der Waals surface area contributed by atoms with E-state index in [-0.39, 0.29) is 0 Å². The number of fused-ring (bicyclic) bond motifs is 5. The van der Waals surface area contributed by atoms with Crippen LogP contribution in [0.5, 0.6) is 0 Å². The van der Waals surface area contributed by atoms with Gasteiger partial charge in [-0.3, -0.25) is 0 Å². The van der Waals surface area contributed by atoms with Crippen LogP contribution in [-0.2, 0) is 5.41 Å². The van der Waals surface area contributed by atoms with Gasteiger partial charge in [0.15, 0.2) is 0 Å². The SMILES string of the molecule is C=C(/C(=C\C=C/C)c1ccccc1)C1(C2=C(S)C=CCC2)c2ccccc2Sc2cc(-c3ccc4c(c3)c3ccccc3n4-c3ccccc3)ccc21. The van der Waals surface area contributed by atoms with Gasteiger partial charge < -0.3 is 4.57 Å². The van der Waals surface area contributed by atoms with Gasteiger partial charge in [0, 0.05) is 31.2 Å². The largest absolute Gasteiger partial charge is 0.309 e. The van der Waals surface area contributed by atoms with Crippen LogP contribution in [0.3, 0.4) is 0 Å². The van der Waals surface area contributed by atoms with Gasteiger partial charge in [-0.25, -0.2) is 0 Å². The van der Waals surface area contributed by atoms with Gasteiger partial charge >= 0.3 is 0 Å². The third-order valence-corrected chi connectivity index (χ3v) is 12.4. The van der Waals surface area contributed by atoms with Crippen LogP contribution >= 0.6 is 24.4 Å². The minimum atomic E-state index is -0.617. The number of para-hydroxylation sites is 2. The average molecular weight is 718 g/mol. The minimum Gasteiger partial charge on any atom is -0.309 e. The standard InChI is InChI=1S/C50H39NS2/c1-3-4-21-39(35-17-7-5-8-18-35)34(2)50(42-23-12-15-26-47(42)52)43-24-13-16-27-48(43)53-49-33-37(28-30-44(49)50)36-29-31-46-41(32-36)40-22-11-14-25-45(40)51(46)38-19-9-6-10-20-38/h3-11,13-22,24-33,52H,2,12,23H2,1H3/b4-3-,39-21+. The maximum atomic E-state index is 5.20. The maximum absolute atomic E-state index is 5.20. The summed E-state index contributed by atoms with van der Waals surface area (Å²) in [5.41, 5.74) is 12.5. The molecule has 256 valence electrons. The minimum absolute atomic E-state index is 0.617. The molecule has 0 saturated heterocycles. The van der Waals surface area contributed by atoms with Gasteiger partial charge in [0.2, 0.25) is 0 Å². The quantitative estimate of drug-likeness (QED) is 0.127. The second kappa shape index (κ2) is 13.8. The molecular weight excluding hydrogens is 679 g/mol. The summed E-state index contributed by atoms with van der Waals surface area (Å²) in [7, 11) is 0. The molecule has 0 fully saturated rings. The van der Waals surface area contributed by atoms with E-state index in [0.29, 0.717) is 0 Å². The fourth-order valence-electron chi connectivity index (χ4n) is 8.48. The normalized spacial score (nSPS) is 17.1. The molecule has 1 atom stereocenters. The van der Waals surface area contributed by atoms with Gasteiger partial charge in [0.05, 0.1) is 16.4 Å². The van der Waals surface area contributed by atoms with E-state index in [1.807, 2.05) is 11.8 Å². The van der Waals surface area contributed by atoms with E-state index in [4.69, 9.17) is 19.2 Å². The highest BCUT2D eigenvalue weighted by Crippen LogP contribution is 2.60. The lowest BCUT2D eigenvalue weighted by molar-refractivity contribution is 0.648.